The SMILES string of the molecule is CCc1cn(-c2ccc(N/N=C(\C#N)C(=N)N)c(F)c2)nn1. The van der Waals surface area contributed by atoms with E-state index in [0.717, 1.165) is 12.1 Å². The Balaban J connectivity index is 2.23. The lowest BCUT2D eigenvalue weighted by molar-refractivity contribution is 0.627. The Morgan fingerprint density at radius 1 is 1.59 bits per heavy atom. The number of nitrogens with two attached hydrogens (primary N) is 1. The van der Waals surface area contributed by atoms with Crippen molar-refractivity contribution in [1.29, 1.82) is 10.7 Å². The summed E-state index contributed by atoms with van der Waals surface area (Å²) in [5.41, 5.74) is 8.53. The average molecular weight is 300 g/mol. The molecule has 1 aromatic heterocycles. The Kier molecular flexibility index (Phi) is 4.43. The van der Waals surface area contributed by atoms with Gasteiger partial charge in [-0.2, -0.15) is 10.4 Å². The van der Waals surface area contributed by atoms with Crippen LogP contribution in [0, 0.1) is 22.6 Å². The molecule has 22 heavy (non-hydrogen) atoms. The molecule has 8 nitrogen and oxygen atoms in total. The molecule has 0 aliphatic rings. The zero-order valence-corrected chi connectivity index (χ0v) is 11.7. The first kappa shape index (κ1) is 15.1. The van der Waals surface area contributed by atoms with Gasteiger partial charge in [0.15, 0.2) is 5.84 Å². The average Bonchev–Trinajstić information content (AvgIpc) is 2.98. The molecule has 1 heterocycles. The number of aryl methyl sites for hydroxylation is 1. The van der Waals surface area contributed by atoms with Crippen molar-refractivity contribution in [3.05, 3.63) is 35.9 Å². The molecule has 2 rings (SSSR count). The van der Waals surface area contributed by atoms with Gasteiger partial charge in [0.1, 0.15) is 11.9 Å². The summed E-state index contributed by atoms with van der Waals surface area (Å²) in [7, 11) is 0. The number of benzene rings is 1. The van der Waals surface area contributed by atoms with E-state index in [0.29, 0.717) is 5.69 Å². The lowest BCUT2D eigenvalue weighted by Gasteiger charge is -2.05. The Bertz CT molecular complexity index is 771. The Morgan fingerprint density at radius 3 is 2.91 bits per heavy atom. The van der Waals surface area contributed by atoms with E-state index in [4.69, 9.17) is 16.4 Å². The predicted molar refractivity (Wildman–Crippen MR) is 79.3 cm³/mol. The number of amidine groups is 1. The Hall–Kier alpha value is -3.28. The van der Waals surface area contributed by atoms with E-state index in [9.17, 15) is 4.39 Å². The summed E-state index contributed by atoms with van der Waals surface area (Å²) >= 11 is 0. The first-order valence-electron chi connectivity index (χ1n) is 6.34. The minimum absolute atomic E-state index is 0.0496. The lowest BCUT2D eigenvalue weighted by Crippen LogP contribution is -2.22. The van der Waals surface area contributed by atoms with Gasteiger partial charge in [0.2, 0.25) is 5.71 Å². The third-order valence-electron chi connectivity index (χ3n) is 2.77. The minimum Gasteiger partial charge on any atom is -0.382 e. The molecule has 0 aliphatic heterocycles. The summed E-state index contributed by atoms with van der Waals surface area (Å²) in [6.07, 6.45) is 2.45. The molecule has 1 aromatic carbocycles. The van der Waals surface area contributed by atoms with E-state index in [1.807, 2.05) is 6.92 Å². The fourth-order valence-electron chi connectivity index (χ4n) is 1.59. The molecule has 0 aliphatic carbocycles. The second-order valence-corrected chi connectivity index (χ2v) is 4.27. The van der Waals surface area contributed by atoms with Crippen LogP contribution in [0.2, 0.25) is 0 Å². The number of nitrogens with zero attached hydrogens (tertiary/aromatic N) is 5. The van der Waals surface area contributed by atoms with E-state index < -0.39 is 11.7 Å². The smallest absolute Gasteiger partial charge is 0.201 e. The van der Waals surface area contributed by atoms with Crippen LogP contribution in [0.15, 0.2) is 29.5 Å². The lowest BCUT2D eigenvalue weighted by atomic mass is 10.2. The van der Waals surface area contributed by atoms with E-state index in [-0.39, 0.29) is 11.4 Å². The summed E-state index contributed by atoms with van der Waals surface area (Å²) in [6.45, 7) is 1.95. The number of anilines is 1. The third-order valence-corrected chi connectivity index (χ3v) is 2.77. The minimum atomic E-state index is -0.587. The highest BCUT2D eigenvalue weighted by Crippen LogP contribution is 2.18. The summed E-state index contributed by atoms with van der Waals surface area (Å²) in [6, 6.07) is 5.95. The van der Waals surface area contributed by atoms with E-state index in [2.05, 4.69) is 20.8 Å². The number of halogens is 1. The molecule has 9 heteroatoms. The number of hydrazone groups is 1. The maximum Gasteiger partial charge on any atom is 0.201 e. The van der Waals surface area contributed by atoms with Crippen LogP contribution in [-0.2, 0) is 6.42 Å². The van der Waals surface area contributed by atoms with Crippen LogP contribution in [0.25, 0.3) is 5.69 Å². The summed E-state index contributed by atoms with van der Waals surface area (Å²) in [4.78, 5) is 0. The molecule has 112 valence electrons. The number of nitrogens with one attached hydrogen (secondary N) is 2. The molecular formula is C13H13FN8. The summed E-state index contributed by atoms with van der Waals surface area (Å²) in [5, 5.41) is 27.2. The van der Waals surface area contributed by atoms with Gasteiger partial charge in [-0.15, -0.1) is 5.10 Å². The van der Waals surface area contributed by atoms with Gasteiger partial charge in [0.05, 0.1) is 23.3 Å². The van der Waals surface area contributed by atoms with Gasteiger partial charge in [-0.25, -0.2) is 9.07 Å². The molecule has 0 amide bonds. The van der Waals surface area contributed by atoms with Crippen LogP contribution in [0.1, 0.15) is 12.6 Å². The highest BCUT2D eigenvalue weighted by Gasteiger charge is 2.07. The Morgan fingerprint density at radius 2 is 2.36 bits per heavy atom. The maximum atomic E-state index is 14.0. The second-order valence-electron chi connectivity index (χ2n) is 4.27. The van der Waals surface area contributed by atoms with Gasteiger partial charge in [0.25, 0.3) is 0 Å². The number of hydrogen-bond donors (Lipinski definition) is 3. The Labute approximate surface area is 125 Å². The molecule has 0 saturated heterocycles. The van der Waals surface area contributed by atoms with Crippen LogP contribution >= 0.6 is 0 Å². The third kappa shape index (κ3) is 3.24. The van der Waals surface area contributed by atoms with E-state index >= 15 is 0 Å². The van der Waals surface area contributed by atoms with Crippen LogP contribution in [-0.4, -0.2) is 26.5 Å². The molecule has 0 radical (unpaired) electrons. The molecule has 0 bridgehead atoms. The maximum absolute atomic E-state index is 14.0. The molecule has 4 N–H and O–H groups in total. The van der Waals surface area contributed by atoms with Gasteiger partial charge >= 0.3 is 0 Å². The van der Waals surface area contributed by atoms with Crippen molar-refractivity contribution in [3.8, 4) is 11.8 Å². The van der Waals surface area contributed by atoms with Crippen molar-refractivity contribution in [1.82, 2.24) is 15.0 Å². The second kappa shape index (κ2) is 6.45. The zero-order valence-electron chi connectivity index (χ0n) is 11.7. The quantitative estimate of drug-likeness (QED) is 0.434. The highest BCUT2D eigenvalue weighted by molar-refractivity contribution is 6.45. The molecule has 0 saturated carbocycles. The topological polar surface area (TPSA) is 129 Å². The predicted octanol–water partition coefficient (Wildman–Crippen LogP) is 1.20. The molecule has 0 spiro atoms. The first-order valence-corrected chi connectivity index (χ1v) is 6.34. The first-order chi connectivity index (χ1) is 10.5. The molecule has 2 aromatic rings. The van der Waals surface area contributed by atoms with Gasteiger partial charge in [0, 0.05) is 6.07 Å². The fraction of sp³-hybridized carbons (Fsp3) is 0.154. The van der Waals surface area contributed by atoms with Crippen LogP contribution in [0.4, 0.5) is 10.1 Å². The van der Waals surface area contributed by atoms with Crippen molar-refractivity contribution in [2.45, 2.75) is 13.3 Å². The number of hydrogen-bond acceptors (Lipinski definition) is 6. The summed E-state index contributed by atoms with van der Waals surface area (Å²) in [5.74, 6) is -1.09. The molecule has 0 atom stereocenters. The zero-order chi connectivity index (χ0) is 16.1. The van der Waals surface area contributed by atoms with Crippen LogP contribution in [0.5, 0.6) is 0 Å². The molecule has 0 unspecified atom stereocenters. The van der Waals surface area contributed by atoms with Crippen molar-refractivity contribution in [2.75, 3.05) is 5.43 Å². The molecular weight excluding hydrogens is 287 g/mol. The van der Waals surface area contributed by atoms with Gasteiger partial charge < -0.3 is 5.73 Å². The van der Waals surface area contributed by atoms with Gasteiger partial charge in [-0.05, 0) is 18.6 Å². The standard InChI is InChI=1S/C13H13FN8/c1-2-8-7-22(21-18-8)9-3-4-11(10(14)5-9)19-20-12(6-15)13(16)17/h3-5,7,19H,2H2,1H3,(H3,16,17)/b20-12+. The van der Waals surface area contributed by atoms with Crippen LogP contribution < -0.4 is 11.2 Å². The van der Waals surface area contributed by atoms with E-state index in [1.165, 1.54) is 16.8 Å². The van der Waals surface area contributed by atoms with Crippen molar-refractivity contribution in [3.63, 3.8) is 0 Å². The van der Waals surface area contributed by atoms with Crippen LogP contribution in [0.3, 0.4) is 0 Å². The number of aromatic nitrogens is 3. The molecule has 0 fully saturated rings. The van der Waals surface area contributed by atoms with E-state index in [1.54, 1.807) is 18.3 Å². The van der Waals surface area contributed by atoms with Crippen molar-refractivity contribution in [2.24, 2.45) is 10.8 Å². The fourth-order valence-corrected chi connectivity index (χ4v) is 1.59. The monoisotopic (exact) mass is 300 g/mol. The number of nitriles is 1. The van der Waals surface area contributed by atoms with Crippen molar-refractivity contribution < 1.29 is 4.39 Å². The number of rotatable bonds is 5. The largest absolute Gasteiger partial charge is 0.382 e. The summed E-state index contributed by atoms with van der Waals surface area (Å²) < 4.78 is 15.5. The normalized spacial score (nSPS) is 11.0. The highest BCUT2D eigenvalue weighted by atomic mass is 19.1. The van der Waals surface area contributed by atoms with Gasteiger partial charge in [-0.3, -0.25) is 10.8 Å². The van der Waals surface area contributed by atoms with Gasteiger partial charge in [-0.1, -0.05) is 12.1 Å². The van der Waals surface area contributed by atoms with Crippen molar-refractivity contribution >= 4 is 17.2 Å².